The first-order chi connectivity index (χ1) is 8.49. The molecule has 3 nitrogen and oxygen atoms in total. The Kier molecular flexibility index (Phi) is 3.85. The Balaban J connectivity index is 2.16. The molecule has 0 aromatic carbocycles. The van der Waals surface area contributed by atoms with E-state index in [9.17, 15) is 0 Å². The van der Waals surface area contributed by atoms with Crippen LogP contribution >= 0.6 is 12.2 Å². The van der Waals surface area contributed by atoms with Crippen molar-refractivity contribution in [1.82, 2.24) is 4.98 Å². The number of rotatable bonds is 5. The van der Waals surface area contributed by atoms with E-state index in [0.717, 1.165) is 35.1 Å². The van der Waals surface area contributed by atoms with Crippen molar-refractivity contribution in [2.45, 2.75) is 33.6 Å². The van der Waals surface area contributed by atoms with Crippen LogP contribution in [0.3, 0.4) is 0 Å². The molecule has 1 heterocycles. The van der Waals surface area contributed by atoms with Gasteiger partial charge in [-0.15, -0.1) is 0 Å². The Morgan fingerprint density at radius 2 is 2.22 bits per heavy atom. The maximum atomic E-state index is 5.80. The number of nitrogens with two attached hydrogens (primary N) is 1. The van der Waals surface area contributed by atoms with Crippen molar-refractivity contribution in [3.8, 4) is 0 Å². The number of aromatic nitrogens is 1. The highest BCUT2D eigenvalue weighted by molar-refractivity contribution is 7.80. The van der Waals surface area contributed by atoms with Gasteiger partial charge in [-0.1, -0.05) is 19.1 Å². The molecular weight excluding hydrogens is 242 g/mol. The molecule has 0 amide bonds. The minimum absolute atomic E-state index is 0.418. The lowest BCUT2D eigenvalue weighted by Crippen LogP contribution is -2.20. The van der Waals surface area contributed by atoms with Crippen LogP contribution in [-0.2, 0) is 0 Å². The standard InChI is InChI=1S/C14H21N3S/c1-8-6-10(3)17-14(12(8)13(15)18)16-7-9(2)11-4-5-11/h6,9,11H,4-5,7H2,1-3H3,(H2,15,18)(H,16,17). The minimum atomic E-state index is 0.418. The highest BCUT2D eigenvalue weighted by Gasteiger charge is 2.27. The van der Waals surface area contributed by atoms with Gasteiger partial charge in [-0.05, 0) is 50.2 Å². The summed E-state index contributed by atoms with van der Waals surface area (Å²) in [5.74, 6) is 2.41. The zero-order valence-electron chi connectivity index (χ0n) is 11.3. The molecule has 3 N–H and O–H groups in total. The second-order valence-corrected chi connectivity index (χ2v) is 5.80. The van der Waals surface area contributed by atoms with Crippen molar-refractivity contribution in [3.63, 3.8) is 0 Å². The lowest BCUT2D eigenvalue weighted by Gasteiger charge is -2.16. The molecule has 0 spiro atoms. The maximum Gasteiger partial charge on any atom is 0.136 e. The van der Waals surface area contributed by atoms with Gasteiger partial charge in [0, 0.05) is 12.2 Å². The first-order valence-electron chi connectivity index (χ1n) is 6.51. The predicted molar refractivity (Wildman–Crippen MR) is 80.0 cm³/mol. The third-order valence-corrected chi connectivity index (χ3v) is 3.81. The average Bonchev–Trinajstić information content (AvgIpc) is 3.07. The van der Waals surface area contributed by atoms with Crippen molar-refractivity contribution >= 4 is 23.0 Å². The largest absolute Gasteiger partial charge is 0.389 e. The van der Waals surface area contributed by atoms with Crippen molar-refractivity contribution < 1.29 is 0 Å². The van der Waals surface area contributed by atoms with Crippen LogP contribution < -0.4 is 11.1 Å². The van der Waals surface area contributed by atoms with Gasteiger partial charge in [0.25, 0.3) is 0 Å². The van der Waals surface area contributed by atoms with Crippen LogP contribution in [-0.4, -0.2) is 16.5 Å². The first kappa shape index (κ1) is 13.3. The summed E-state index contributed by atoms with van der Waals surface area (Å²) in [4.78, 5) is 4.95. The molecule has 1 atom stereocenters. The summed E-state index contributed by atoms with van der Waals surface area (Å²) in [5, 5.41) is 3.42. The van der Waals surface area contributed by atoms with E-state index in [1.807, 2.05) is 19.9 Å². The van der Waals surface area contributed by atoms with Gasteiger partial charge in [-0.25, -0.2) is 4.98 Å². The van der Waals surface area contributed by atoms with Crippen molar-refractivity contribution in [1.29, 1.82) is 0 Å². The molecule has 0 bridgehead atoms. The Labute approximate surface area is 114 Å². The summed E-state index contributed by atoms with van der Waals surface area (Å²) < 4.78 is 0. The van der Waals surface area contributed by atoms with Gasteiger partial charge in [0.1, 0.15) is 10.8 Å². The van der Waals surface area contributed by atoms with E-state index in [-0.39, 0.29) is 0 Å². The Bertz CT molecular complexity index is 466. The molecule has 1 aliphatic carbocycles. The molecule has 2 rings (SSSR count). The van der Waals surface area contributed by atoms with Gasteiger partial charge in [-0.2, -0.15) is 0 Å². The Morgan fingerprint density at radius 3 is 2.78 bits per heavy atom. The van der Waals surface area contributed by atoms with E-state index >= 15 is 0 Å². The molecule has 1 fully saturated rings. The molecule has 0 radical (unpaired) electrons. The fraction of sp³-hybridized carbons (Fsp3) is 0.571. The van der Waals surface area contributed by atoms with Gasteiger partial charge < -0.3 is 11.1 Å². The van der Waals surface area contributed by atoms with Gasteiger partial charge in [-0.3, -0.25) is 0 Å². The van der Waals surface area contributed by atoms with Crippen LogP contribution in [0.2, 0.25) is 0 Å². The summed E-state index contributed by atoms with van der Waals surface area (Å²) in [6.07, 6.45) is 2.73. The van der Waals surface area contributed by atoms with Crippen LogP contribution in [0.25, 0.3) is 0 Å². The maximum absolute atomic E-state index is 5.80. The summed E-state index contributed by atoms with van der Waals surface area (Å²) >= 11 is 5.12. The van der Waals surface area contributed by atoms with E-state index in [0.29, 0.717) is 10.9 Å². The zero-order valence-corrected chi connectivity index (χ0v) is 12.1. The lowest BCUT2D eigenvalue weighted by molar-refractivity contribution is 0.536. The quantitative estimate of drug-likeness (QED) is 0.802. The smallest absolute Gasteiger partial charge is 0.136 e. The molecular formula is C14H21N3S. The van der Waals surface area contributed by atoms with E-state index in [4.69, 9.17) is 18.0 Å². The summed E-state index contributed by atoms with van der Waals surface area (Å²) in [5.41, 5.74) is 8.77. The molecule has 4 heteroatoms. The van der Waals surface area contributed by atoms with Crippen molar-refractivity contribution in [2.75, 3.05) is 11.9 Å². The van der Waals surface area contributed by atoms with Gasteiger partial charge in [0.05, 0.1) is 5.56 Å². The monoisotopic (exact) mass is 263 g/mol. The predicted octanol–water partition coefficient (Wildman–Crippen LogP) is 2.79. The summed E-state index contributed by atoms with van der Waals surface area (Å²) in [7, 11) is 0. The van der Waals surface area contributed by atoms with E-state index in [1.165, 1.54) is 12.8 Å². The third-order valence-electron chi connectivity index (χ3n) is 3.61. The second kappa shape index (κ2) is 5.22. The fourth-order valence-corrected chi connectivity index (χ4v) is 2.62. The number of nitrogens with zero attached hydrogens (tertiary/aromatic N) is 1. The molecule has 98 valence electrons. The van der Waals surface area contributed by atoms with E-state index in [1.54, 1.807) is 0 Å². The zero-order chi connectivity index (χ0) is 13.3. The SMILES string of the molecule is Cc1cc(C)c(C(N)=S)c(NCC(C)C2CC2)n1. The number of anilines is 1. The second-order valence-electron chi connectivity index (χ2n) is 5.36. The molecule has 1 aromatic rings. The lowest BCUT2D eigenvalue weighted by atomic mass is 10.1. The fourth-order valence-electron chi connectivity index (χ4n) is 2.37. The topological polar surface area (TPSA) is 50.9 Å². The molecule has 1 aliphatic rings. The molecule has 18 heavy (non-hydrogen) atoms. The van der Waals surface area contributed by atoms with Gasteiger partial charge in [0.2, 0.25) is 0 Å². The third kappa shape index (κ3) is 2.99. The number of hydrogen-bond donors (Lipinski definition) is 2. The van der Waals surface area contributed by atoms with Crippen LogP contribution in [0.4, 0.5) is 5.82 Å². The van der Waals surface area contributed by atoms with Crippen molar-refractivity contribution in [2.24, 2.45) is 17.6 Å². The molecule has 1 aromatic heterocycles. The number of nitrogens with one attached hydrogen (secondary N) is 1. The van der Waals surface area contributed by atoms with Gasteiger partial charge >= 0.3 is 0 Å². The van der Waals surface area contributed by atoms with E-state index in [2.05, 4.69) is 17.2 Å². The number of hydrogen-bond acceptors (Lipinski definition) is 3. The normalized spacial score (nSPS) is 16.4. The molecule has 1 unspecified atom stereocenters. The minimum Gasteiger partial charge on any atom is -0.389 e. The summed E-state index contributed by atoms with van der Waals surface area (Å²) in [6.45, 7) is 7.24. The van der Waals surface area contributed by atoms with Crippen LogP contribution in [0.15, 0.2) is 6.07 Å². The average molecular weight is 263 g/mol. The molecule has 1 saturated carbocycles. The van der Waals surface area contributed by atoms with Gasteiger partial charge in [0.15, 0.2) is 0 Å². The Morgan fingerprint density at radius 1 is 1.56 bits per heavy atom. The number of aryl methyl sites for hydroxylation is 2. The van der Waals surface area contributed by atoms with Crippen LogP contribution in [0.5, 0.6) is 0 Å². The van der Waals surface area contributed by atoms with E-state index < -0.39 is 0 Å². The summed E-state index contributed by atoms with van der Waals surface area (Å²) in [6, 6.07) is 2.02. The number of thiocarbonyl (C=S) groups is 1. The van der Waals surface area contributed by atoms with Crippen molar-refractivity contribution in [3.05, 3.63) is 22.9 Å². The first-order valence-corrected chi connectivity index (χ1v) is 6.91. The highest BCUT2D eigenvalue weighted by Crippen LogP contribution is 2.36. The molecule has 0 aliphatic heterocycles. The number of pyridine rings is 1. The Hall–Kier alpha value is -1.16. The molecule has 0 saturated heterocycles. The highest BCUT2D eigenvalue weighted by atomic mass is 32.1. The van der Waals surface area contributed by atoms with Crippen LogP contribution in [0.1, 0.15) is 36.6 Å². The van der Waals surface area contributed by atoms with Crippen LogP contribution in [0, 0.1) is 25.7 Å².